The largest absolute Gasteiger partial charge is 0.384 e. The Hall–Kier alpha value is -1.59. The Morgan fingerprint density at radius 2 is 2.11 bits per heavy atom. The van der Waals surface area contributed by atoms with Crippen LogP contribution in [0.1, 0.15) is 5.56 Å². The molecular formula is C12H9ClFN3S. The normalized spacial score (nSPS) is 10.3. The molecule has 0 amide bonds. The van der Waals surface area contributed by atoms with Gasteiger partial charge in [-0.05, 0) is 24.3 Å². The number of hydrogen-bond acceptors (Lipinski definition) is 3. The summed E-state index contributed by atoms with van der Waals surface area (Å²) in [5.74, 6) is -0.814. The van der Waals surface area contributed by atoms with Crippen LogP contribution >= 0.6 is 23.4 Å². The highest BCUT2D eigenvalue weighted by atomic mass is 35.5. The summed E-state index contributed by atoms with van der Waals surface area (Å²) in [6, 6.07) is 7.96. The van der Waals surface area contributed by atoms with Crippen molar-refractivity contribution in [3.8, 4) is 0 Å². The molecule has 0 atom stereocenters. The van der Waals surface area contributed by atoms with Gasteiger partial charge in [0.2, 0.25) is 0 Å². The van der Waals surface area contributed by atoms with Crippen LogP contribution in [-0.2, 0) is 0 Å². The molecule has 1 aromatic heterocycles. The predicted octanol–water partition coefficient (Wildman–Crippen LogP) is 3.31. The molecule has 0 saturated carbocycles. The minimum atomic E-state index is -0.513. The van der Waals surface area contributed by atoms with E-state index >= 15 is 0 Å². The molecule has 18 heavy (non-hydrogen) atoms. The van der Waals surface area contributed by atoms with E-state index in [1.165, 1.54) is 24.0 Å². The average molecular weight is 282 g/mol. The number of halogens is 2. The van der Waals surface area contributed by atoms with Crippen LogP contribution in [0.2, 0.25) is 5.02 Å². The van der Waals surface area contributed by atoms with Gasteiger partial charge < -0.3 is 5.73 Å². The van der Waals surface area contributed by atoms with Crippen molar-refractivity contribution in [3.05, 3.63) is 52.9 Å². The van der Waals surface area contributed by atoms with Gasteiger partial charge in [-0.15, -0.1) is 0 Å². The Balaban J connectivity index is 2.37. The first-order valence-corrected chi connectivity index (χ1v) is 6.19. The molecule has 1 aromatic carbocycles. The molecule has 6 heteroatoms. The Kier molecular flexibility index (Phi) is 3.84. The quantitative estimate of drug-likeness (QED) is 0.670. The SMILES string of the molecule is N=C(N)c1c(F)cccc1Sc1ccc(Cl)cn1. The summed E-state index contributed by atoms with van der Waals surface area (Å²) < 4.78 is 13.6. The number of aromatic nitrogens is 1. The first kappa shape index (κ1) is 12.9. The second-order valence-electron chi connectivity index (χ2n) is 3.44. The van der Waals surface area contributed by atoms with Gasteiger partial charge in [0.1, 0.15) is 16.7 Å². The van der Waals surface area contributed by atoms with E-state index in [0.29, 0.717) is 14.9 Å². The number of nitrogens with two attached hydrogens (primary N) is 1. The van der Waals surface area contributed by atoms with E-state index in [4.69, 9.17) is 22.7 Å². The molecule has 3 N–H and O–H groups in total. The maximum absolute atomic E-state index is 13.6. The van der Waals surface area contributed by atoms with Crippen molar-refractivity contribution in [1.82, 2.24) is 4.98 Å². The summed E-state index contributed by atoms with van der Waals surface area (Å²) >= 11 is 6.97. The van der Waals surface area contributed by atoms with Crippen molar-refractivity contribution in [3.63, 3.8) is 0 Å². The molecule has 3 nitrogen and oxygen atoms in total. The van der Waals surface area contributed by atoms with Crippen LogP contribution in [0.3, 0.4) is 0 Å². The molecule has 1 heterocycles. The minimum Gasteiger partial charge on any atom is -0.384 e. The Bertz CT molecular complexity index is 586. The number of hydrogen-bond donors (Lipinski definition) is 2. The van der Waals surface area contributed by atoms with E-state index in [1.54, 1.807) is 24.3 Å². The molecule has 0 spiro atoms. The fourth-order valence-electron chi connectivity index (χ4n) is 1.39. The highest BCUT2D eigenvalue weighted by molar-refractivity contribution is 7.99. The second-order valence-corrected chi connectivity index (χ2v) is 4.94. The van der Waals surface area contributed by atoms with E-state index in [1.807, 2.05) is 0 Å². The third-order valence-corrected chi connectivity index (χ3v) is 3.39. The topological polar surface area (TPSA) is 62.8 Å². The lowest BCUT2D eigenvalue weighted by molar-refractivity contribution is 0.621. The van der Waals surface area contributed by atoms with Crippen LogP contribution in [0, 0.1) is 11.2 Å². The monoisotopic (exact) mass is 281 g/mol. The highest BCUT2D eigenvalue weighted by Gasteiger charge is 2.12. The zero-order valence-corrected chi connectivity index (χ0v) is 10.7. The van der Waals surface area contributed by atoms with Gasteiger partial charge in [-0.2, -0.15) is 0 Å². The molecule has 92 valence electrons. The van der Waals surface area contributed by atoms with Crippen molar-refractivity contribution in [2.45, 2.75) is 9.92 Å². The molecule has 0 fully saturated rings. The standard InChI is InChI=1S/C12H9ClFN3S/c13-7-4-5-10(17-6-7)18-9-3-1-2-8(14)11(9)12(15)16/h1-6H,(H3,15,16). The molecule has 0 saturated heterocycles. The fraction of sp³-hybridized carbons (Fsp3) is 0. The summed E-state index contributed by atoms with van der Waals surface area (Å²) in [7, 11) is 0. The first-order valence-electron chi connectivity index (χ1n) is 5.00. The Morgan fingerprint density at radius 3 is 2.72 bits per heavy atom. The van der Waals surface area contributed by atoms with Gasteiger partial charge in [0.05, 0.1) is 10.6 Å². The summed E-state index contributed by atoms with van der Waals surface area (Å²) in [4.78, 5) is 4.65. The van der Waals surface area contributed by atoms with Gasteiger partial charge in [-0.3, -0.25) is 5.41 Å². The average Bonchev–Trinajstić information content (AvgIpc) is 2.32. The fourth-order valence-corrected chi connectivity index (χ4v) is 2.42. The zero-order valence-electron chi connectivity index (χ0n) is 9.15. The molecule has 2 rings (SSSR count). The zero-order chi connectivity index (χ0) is 13.1. The van der Waals surface area contributed by atoms with Crippen LogP contribution in [0.15, 0.2) is 46.5 Å². The number of benzene rings is 1. The van der Waals surface area contributed by atoms with Gasteiger partial charge in [0.25, 0.3) is 0 Å². The van der Waals surface area contributed by atoms with Crippen LogP contribution in [0.25, 0.3) is 0 Å². The van der Waals surface area contributed by atoms with Gasteiger partial charge >= 0.3 is 0 Å². The predicted molar refractivity (Wildman–Crippen MR) is 70.8 cm³/mol. The van der Waals surface area contributed by atoms with E-state index in [2.05, 4.69) is 4.98 Å². The molecule has 0 aliphatic heterocycles. The first-order chi connectivity index (χ1) is 8.58. The summed E-state index contributed by atoms with van der Waals surface area (Å²) in [6.07, 6.45) is 1.51. The number of nitrogen functional groups attached to an aromatic ring is 1. The summed E-state index contributed by atoms with van der Waals surface area (Å²) in [5.41, 5.74) is 5.48. The minimum absolute atomic E-state index is 0.0965. The van der Waals surface area contributed by atoms with Crippen LogP contribution in [0.5, 0.6) is 0 Å². The Morgan fingerprint density at radius 1 is 1.33 bits per heavy atom. The smallest absolute Gasteiger partial charge is 0.135 e. The molecule has 0 unspecified atom stereocenters. The van der Waals surface area contributed by atoms with Gasteiger partial charge in [-0.1, -0.05) is 29.4 Å². The van der Waals surface area contributed by atoms with E-state index < -0.39 is 5.82 Å². The van der Waals surface area contributed by atoms with Crippen molar-refractivity contribution < 1.29 is 4.39 Å². The van der Waals surface area contributed by atoms with Crippen LogP contribution in [0.4, 0.5) is 4.39 Å². The Labute approximate surface area is 113 Å². The van der Waals surface area contributed by atoms with Crippen LogP contribution < -0.4 is 5.73 Å². The maximum Gasteiger partial charge on any atom is 0.135 e. The molecule has 0 bridgehead atoms. The maximum atomic E-state index is 13.6. The van der Waals surface area contributed by atoms with Crippen LogP contribution in [-0.4, -0.2) is 10.8 Å². The lowest BCUT2D eigenvalue weighted by Gasteiger charge is -2.08. The van der Waals surface area contributed by atoms with E-state index in [9.17, 15) is 4.39 Å². The summed E-state index contributed by atoms with van der Waals surface area (Å²) in [5, 5.41) is 8.59. The third-order valence-electron chi connectivity index (χ3n) is 2.16. The molecule has 0 radical (unpaired) electrons. The van der Waals surface area contributed by atoms with Crippen molar-refractivity contribution in [1.29, 1.82) is 5.41 Å². The number of pyridine rings is 1. The van der Waals surface area contributed by atoms with E-state index in [0.717, 1.165) is 0 Å². The number of nitrogens with zero attached hydrogens (tertiary/aromatic N) is 1. The van der Waals surface area contributed by atoms with Gasteiger partial charge in [0.15, 0.2) is 0 Å². The lowest BCUT2D eigenvalue weighted by atomic mass is 10.2. The summed E-state index contributed by atoms with van der Waals surface area (Å²) in [6.45, 7) is 0. The van der Waals surface area contributed by atoms with Crippen molar-refractivity contribution in [2.24, 2.45) is 5.73 Å². The number of amidine groups is 1. The van der Waals surface area contributed by atoms with Gasteiger partial charge in [-0.25, -0.2) is 9.37 Å². The third kappa shape index (κ3) is 2.80. The lowest BCUT2D eigenvalue weighted by Crippen LogP contribution is -2.14. The molecule has 2 aromatic rings. The van der Waals surface area contributed by atoms with Crippen molar-refractivity contribution >= 4 is 29.2 Å². The van der Waals surface area contributed by atoms with Crippen molar-refractivity contribution in [2.75, 3.05) is 0 Å². The molecule has 0 aliphatic carbocycles. The number of nitrogens with one attached hydrogen (secondary N) is 1. The van der Waals surface area contributed by atoms with E-state index in [-0.39, 0.29) is 11.4 Å². The molecule has 0 aliphatic rings. The molecular weight excluding hydrogens is 273 g/mol. The highest BCUT2D eigenvalue weighted by Crippen LogP contribution is 2.30. The second kappa shape index (κ2) is 5.37. The number of rotatable bonds is 3. The van der Waals surface area contributed by atoms with Gasteiger partial charge in [0, 0.05) is 11.1 Å².